The second-order valence-electron chi connectivity index (χ2n) is 6.04. The summed E-state index contributed by atoms with van der Waals surface area (Å²) < 4.78 is 14.5. The summed E-state index contributed by atoms with van der Waals surface area (Å²) in [6.07, 6.45) is 0. The lowest BCUT2D eigenvalue weighted by molar-refractivity contribution is -0.147. The van der Waals surface area contributed by atoms with Crippen LogP contribution in [0.1, 0.15) is 26.3 Å². The van der Waals surface area contributed by atoms with Gasteiger partial charge in [-0.15, -0.1) is 0 Å². The third kappa shape index (κ3) is 6.93. The maximum Gasteiger partial charge on any atom is 0.337 e. The molecule has 0 bridgehead atoms. The van der Waals surface area contributed by atoms with Gasteiger partial charge >= 0.3 is 11.9 Å². The normalized spacial score (nSPS) is 9.93. The van der Waals surface area contributed by atoms with Crippen LogP contribution in [0.25, 0.3) is 0 Å². The van der Waals surface area contributed by atoms with Crippen molar-refractivity contribution in [2.75, 3.05) is 27.4 Å². The highest BCUT2D eigenvalue weighted by Crippen LogP contribution is 2.12. The summed E-state index contributed by atoms with van der Waals surface area (Å²) in [4.78, 5) is 46.9. The van der Waals surface area contributed by atoms with Gasteiger partial charge in [0.05, 0.1) is 19.8 Å². The molecule has 0 saturated carbocycles. The van der Waals surface area contributed by atoms with Gasteiger partial charge in [-0.25, -0.2) is 4.79 Å². The van der Waals surface area contributed by atoms with Gasteiger partial charge in [0.2, 0.25) is 0 Å². The molecule has 2 N–H and O–H groups in total. The molecule has 0 fully saturated rings. The standard InChI is InChI=1S/C21H22N2O7/c1-28-17-5-3-4-16(10-17)20(26)23-12-19(25)30-13-18(24)22-11-14-6-8-15(9-7-14)21(27)29-2/h3-10H,11-13H2,1-2H3,(H,22,24)(H,23,26). The van der Waals surface area contributed by atoms with Crippen molar-refractivity contribution in [3.05, 3.63) is 65.2 Å². The van der Waals surface area contributed by atoms with Gasteiger partial charge in [0.15, 0.2) is 6.61 Å². The second kappa shape index (κ2) is 11.2. The predicted molar refractivity (Wildman–Crippen MR) is 106 cm³/mol. The first-order valence-corrected chi connectivity index (χ1v) is 8.94. The third-order valence-electron chi connectivity index (χ3n) is 3.95. The van der Waals surface area contributed by atoms with Crippen LogP contribution < -0.4 is 15.4 Å². The largest absolute Gasteiger partial charge is 0.497 e. The average Bonchev–Trinajstić information content (AvgIpc) is 2.79. The molecule has 0 aliphatic rings. The van der Waals surface area contributed by atoms with Gasteiger partial charge in [0.1, 0.15) is 12.3 Å². The fourth-order valence-electron chi connectivity index (χ4n) is 2.34. The van der Waals surface area contributed by atoms with E-state index in [0.717, 1.165) is 5.56 Å². The Bertz CT molecular complexity index is 910. The van der Waals surface area contributed by atoms with Crippen molar-refractivity contribution in [1.29, 1.82) is 0 Å². The van der Waals surface area contributed by atoms with Gasteiger partial charge in [-0.1, -0.05) is 18.2 Å². The molecule has 0 aromatic heterocycles. The van der Waals surface area contributed by atoms with E-state index < -0.39 is 30.4 Å². The molecule has 2 aromatic carbocycles. The number of rotatable bonds is 9. The quantitative estimate of drug-likeness (QED) is 0.589. The number of benzene rings is 2. The molecule has 2 aromatic rings. The fraction of sp³-hybridized carbons (Fsp3) is 0.238. The summed E-state index contributed by atoms with van der Waals surface area (Å²) in [5.41, 5.74) is 1.49. The average molecular weight is 414 g/mol. The molecular formula is C21H22N2O7. The maximum atomic E-state index is 12.0. The van der Waals surface area contributed by atoms with Crippen molar-refractivity contribution < 1.29 is 33.4 Å². The van der Waals surface area contributed by atoms with Gasteiger partial charge < -0.3 is 24.8 Å². The Morgan fingerprint density at radius 2 is 1.63 bits per heavy atom. The van der Waals surface area contributed by atoms with Crippen molar-refractivity contribution >= 4 is 23.8 Å². The van der Waals surface area contributed by atoms with Crippen LogP contribution in [-0.4, -0.2) is 51.1 Å². The molecule has 0 atom stereocenters. The second-order valence-corrected chi connectivity index (χ2v) is 6.04. The van der Waals surface area contributed by atoms with E-state index in [1.54, 1.807) is 42.5 Å². The lowest BCUT2D eigenvalue weighted by Crippen LogP contribution is -2.33. The summed E-state index contributed by atoms with van der Waals surface area (Å²) in [7, 11) is 2.78. The van der Waals surface area contributed by atoms with Crippen LogP contribution in [0.15, 0.2) is 48.5 Å². The molecule has 2 rings (SSSR count). The molecule has 0 aliphatic heterocycles. The minimum absolute atomic E-state index is 0.199. The summed E-state index contributed by atoms with van der Waals surface area (Å²) in [6, 6.07) is 13.0. The van der Waals surface area contributed by atoms with Crippen molar-refractivity contribution in [2.45, 2.75) is 6.54 Å². The highest BCUT2D eigenvalue weighted by molar-refractivity contribution is 5.96. The molecule has 30 heavy (non-hydrogen) atoms. The molecule has 0 radical (unpaired) electrons. The molecule has 0 aliphatic carbocycles. The van der Waals surface area contributed by atoms with E-state index in [2.05, 4.69) is 15.4 Å². The number of methoxy groups -OCH3 is 2. The van der Waals surface area contributed by atoms with Crippen LogP contribution in [0.2, 0.25) is 0 Å². The Morgan fingerprint density at radius 1 is 0.900 bits per heavy atom. The summed E-state index contributed by atoms with van der Waals surface area (Å²) in [5.74, 6) is -1.65. The van der Waals surface area contributed by atoms with E-state index in [0.29, 0.717) is 16.9 Å². The van der Waals surface area contributed by atoms with E-state index in [1.165, 1.54) is 20.3 Å². The van der Waals surface area contributed by atoms with Gasteiger partial charge in [-0.3, -0.25) is 14.4 Å². The Balaban J connectivity index is 1.69. The van der Waals surface area contributed by atoms with Gasteiger partial charge in [-0.05, 0) is 35.9 Å². The van der Waals surface area contributed by atoms with Gasteiger partial charge in [0.25, 0.3) is 11.8 Å². The predicted octanol–water partition coefficient (Wildman–Crippen LogP) is 1.07. The van der Waals surface area contributed by atoms with Crippen molar-refractivity contribution in [3.63, 3.8) is 0 Å². The first kappa shape index (κ1) is 22.4. The van der Waals surface area contributed by atoms with Crippen LogP contribution in [0.4, 0.5) is 0 Å². The first-order chi connectivity index (χ1) is 14.4. The Morgan fingerprint density at radius 3 is 2.30 bits per heavy atom. The topological polar surface area (TPSA) is 120 Å². The monoisotopic (exact) mass is 414 g/mol. The fourth-order valence-corrected chi connectivity index (χ4v) is 2.34. The SMILES string of the molecule is COC(=O)c1ccc(CNC(=O)COC(=O)CNC(=O)c2cccc(OC)c2)cc1. The Labute approximate surface area is 173 Å². The van der Waals surface area contributed by atoms with Gasteiger partial charge in [-0.2, -0.15) is 0 Å². The van der Waals surface area contributed by atoms with E-state index in [4.69, 9.17) is 9.47 Å². The molecule has 0 unspecified atom stereocenters. The van der Waals surface area contributed by atoms with Crippen molar-refractivity contribution in [1.82, 2.24) is 10.6 Å². The number of esters is 2. The first-order valence-electron chi connectivity index (χ1n) is 8.94. The van der Waals surface area contributed by atoms with Crippen molar-refractivity contribution in [2.24, 2.45) is 0 Å². The molecule has 0 spiro atoms. The zero-order chi connectivity index (χ0) is 21.9. The molecule has 0 saturated heterocycles. The Hall–Kier alpha value is -3.88. The minimum atomic E-state index is -0.746. The zero-order valence-electron chi connectivity index (χ0n) is 16.6. The lowest BCUT2D eigenvalue weighted by Gasteiger charge is -2.08. The number of ether oxygens (including phenoxy) is 3. The smallest absolute Gasteiger partial charge is 0.337 e. The number of carbonyl (C=O) groups is 4. The van der Waals surface area contributed by atoms with Crippen molar-refractivity contribution in [3.8, 4) is 5.75 Å². The number of hydrogen-bond donors (Lipinski definition) is 2. The minimum Gasteiger partial charge on any atom is -0.497 e. The molecule has 0 heterocycles. The van der Waals surface area contributed by atoms with Crippen LogP contribution in [0.5, 0.6) is 5.75 Å². The van der Waals surface area contributed by atoms with Crippen LogP contribution >= 0.6 is 0 Å². The maximum absolute atomic E-state index is 12.0. The van der Waals surface area contributed by atoms with E-state index in [1.807, 2.05) is 0 Å². The number of nitrogens with one attached hydrogen (secondary N) is 2. The number of carbonyl (C=O) groups excluding carboxylic acids is 4. The van der Waals surface area contributed by atoms with Crippen LogP contribution in [-0.2, 0) is 25.6 Å². The van der Waals surface area contributed by atoms with E-state index >= 15 is 0 Å². The Kier molecular flexibility index (Phi) is 8.37. The highest BCUT2D eigenvalue weighted by atomic mass is 16.5. The lowest BCUT2D eigenvalue weighted by atomic mass is 10.1. The van der Waals surface area contributed by atoms with Crippen LogP contribution in [0, 0.1) is 0 Å². The highest BCUT2D eigenvalue weighted by Gasteiger charge is 2.11. The van der Waals surface area contributed by atoms with E-state index in [-0.39, 0.29) is 13.1 Å². The molecule has 158 valence electrons. The summed E-state index contributed by atoms with van der Waals surface area (Å²) in [6.45, 7) is -0.656. The molecule has 9 heteroatoms. The number of amides is 2. The summed E-state index contributed by atoms with van der Waals surface area (Å²) >= 11 is 0. The van der Waals surface area contributed by atoms with E-state index in [9.17, 15) is 19.2 Å². The van der Waals surface area contributed by atoms with Gasteiger partial charge in [0, 0.05) is 12.1 Å². The molecule has 2 amide bonds. The molecular weight excluding hydrogens is 392 g/mol. The van der Waals surface area contributed by atoms with Crippen LogP contribution in [0.3, 0.4) is 0 Å². The number of hydrogen-bond acceptors (Lipinski definition) is 7. The zero-order valence-corrected chi connectivity index (χ0v) is 16.6. The summed E-state index contributed by atoms with van der Waals surface area (Å²) in [5, 5.41) is 5.00. The third-order valence-corrected chi connectivity index (χ3v) is 3.95. The molecule has 9 nitrogen and oxygen atoms in total.